The SMILES string of the molecule is CC.Cc1cccc2c1OC1=CC=CC(C)C12. The molecule has 0 saturated heterocycles. The van der Waals surface area contributed by atoms with Crippen LogP contribution < -0.4 is 4.74 Å². The van der Waals surface area contributed by atoms with E-state index in [1.807, 2.05) is 13.8 Å². The fraction of sp³-hybridized carbons (Fsp3) is 0.375. The first kappa shape index (κ1) is 12.0. The lowest BCUT2D eigenvalue weighted by atomic mass is 9.84. The van der Waals surface area contributed by atoms with Gasteiger partial charge in [-0.3, -0.25) is 0 Å². The predicted octanol–water partition coefficient (Wildman–Crippen LogP) is 4.59. The molecule has 1 aliphatic carbocycles. The Morgan fingerprint density at radius 3 is 2.71 bits per heavy atom. The van der Waals surface area contributed by atoms with Crippen molar-refractivity contribution in [1.82, 2.24) is 0 Å². The van der Waals surface area contributed by atoms with Gasteiger partial charge in [-0.15, -0.1) is 0 Å². The van der Waals surface area contributed by atoms with Gasteiger partial charge in [-0.2, -0.15) is 0 Å². The lowest BCUT2D eigenvalue weighted by molar-refractivity contribution is 0.402. The first-order valence-corrected chi connectivity index (χ1v) is 6.43. The Bertz CT molecular complexity index is 468. The van der Waals surface area contributed by atoms with E-state index in [1.165, 1.54) is 11.1 Å². The molecule has 2 atom stereocenters. The van der Waals surface area contributed by atoms with E-state index >= 15 is 0 Å². The molecule has 1 aromatic rings. The Morgan fingerprint density at radius 2 is 1.94 bits per heavy atom. The first-order chi connectivity index (χ1) is 8.27. The second kappa shape index (κ2) is 4.79. The van der Waals surface area contributed by atoms with Crippen molar-refractivity contribution in [2.24, 2.45) is 5.92 Å². The summed E-state index contributed by atoms with van der Waals surface area (Å²) in [6, 6.07) is 6.41. The normalized spacial score (nSPS) is 23.9. The second-order valence-electron chi connectivity index (χ2n) is 4.39. The van der Waals surface area contributed by atoms with Crippen molar-refractivity contribution < 1.29 is 4.74 Å². The maximum Gasteiger partial charge on any atom is 0.133 e. The van der Waals surface area contributed by atoms with E-state index in [9.17, 15) is 0 Å². The van der Waals surface area contributed by atoms with Gasteiger partial charge < -0.3 is 4.74 Å². The van der Waals surface area contributed by atoms with Gasteiger partial charge in [0.05, 0.1) is 5.92 Å². The summed E-state index contributed by atoms with van der Waals surface area (Å²) in [5, 5.41) is 0. The van der Waals surface area contributed by atoms with Crippen molar-refractivity contribution in [2.75, 3.05) is 0 Å². The number of fused-ring (bicyclic) bond motifs is 3. The summed E-state index contributed by atoms with van der Waals surface area (Å²) >= 11 is 0. The smallest absolute Gasteiger partial charge is 0.133 e. The monoisotopic (exact) mass is 228 g/mol. The van der Waals surface area contributed by atoms with Gasteiger partial charge in [0.25, 0.3) is 0 Å². The van der Waals surface area contributed by atoms with Gasteiger partial charge in [0.15, 0.2) is 0 Å². The zero-order valence-electron chi connectivity index (χ0n) is 11.0. The minimum atomic E-state index is 0.435. The van der Waals surface area contributed by atoms with Crippen LogP contribution in [0, 0.1) is 12.8 Å². The van der Waals surface area contributed by atoms with Gasteiger partial charge in [0.1, 0.15) is 11.5 Å². The molecule has 0 N–H and O–H groups in total. The fourth-order valence-corrected chi connectivity index (χ4v) is 2.51. The molecule has 0 saturated carbocycles. The van der Waals surface area contributed by atoms with E-state index in [4.69, 9.17) is 4.74 Å². The molecule has 1 aliphatic heterocycles. The molecule has 0 aromatic heterocycles. The molecule has 1 nitrogen and oxygen atoms in total. The summed E-state index contributed by atoms with van der Waals surface area (Å²) < 4.78 is 5.92. The fourth-order valence-electron chi connectivity index (χ4n) is 2.51. The number of allylic oxidation sites excluding steroid dienone is 4. The highest BCUT2D eigenvalue weighted by Crippen LogP contribution is 2.47. The third kappa shape index (κ3) is 1.90. The van der Waals surface area contributed by atoms with Gasteiger partial charge in [-0.25, -0.2) is 0 Å². The average Bonchev–Trinajstić information content (AvgIpc) is 2.73. The number of ether oxygens (including phenoxy) is 1. The van der Waals surface area contributed by atoms with E-state index < -0.39 is 0 Å². The lowest BCUT2D eigenvalue weighted by Gasteiger charge is -2.18. The van der Waals surface area contributed by atoms with E-state index in [0.29, 0.717) is 11.8 Å². The van der Waals surface area contributed by atoms with Crippen molar-refractivity contribution >= 4 is 0 Å². The highest BCUT2D eigenvalue weighted by molar-refractivity contribution is 5.52. The summed E-state index contributed by atoms with van der Waals surface area (Å²) in [7, 11) is 0. The Hall–Kier alpha value is -1.50. The molecule has 0 bridgehead atoms. The molecule has 2 unspecified atom stereocenters. The standard InChI is InChI=1S/C14H14O.C2H6/c1-9-5-4-8-12-13(9)11-7-3-6-10(2)14(11)15-12;1-2/h3-9,13H,1-2H3;1-2H3. The third-order valence-electron chi connectivity index (χ3n) is 3.30. The first-order valence-electron chi connectivity index (χ1n) is 6.43. The van der Waals surface area contributed by atoms with Crippen molar-refractivity contribution in [3.63, 3.8) is 0 Å². The van der Waals surface area contributed by atoms with Crippen LogP contribution in [0.3, 0.4) is 0 Å². The molecular weight excluding hydrogens is 208 g/mol. The topological polar surface area (TPSA) is 9.23 Å². The number of hydrogen-bond acceptors (Lipinski definition) is 1. The van der Waals surface area contributed by atoms with Crippen LogP contribution in [0.25, 0.3) is 0 Å². The molecule has 1 heterocycles. The zero-order chi connectivity index (χ0) is 12.4. The number of benzene rings is 1. The van der Waals surface area contributed by atoms with Crippen molar-refractivity contribution in [3.05, 3.63) is 53.3 Å². The van der Waals surface area contributed by atoms with Crippen LogP contribution in [0.15, 0.2) is 42.2 Å². The zero-order valence-corrected chi connectivity index (χ0v) is 11.0. The van der Waals surface area contributed by atoms with Crippen LogP contribution in [0.2, 0.25) is 0 Å². The van der Waals surface area contributed by atoms with Crippen LogP contribution >= 0.6 is 0 Å². The number of para-hydroxylation sites is 1. The third-order valence-corrected chi connectivity index (χ3v) is 3.30. The molecule has 1 heteroatoms. The molecule has 17 heavy (non-hydrogen) atoms. The molecule has 0 fully saturated rings. The predicted molar refractivity (Wildman–Crippen MR) is 72.3 cm³/mol. The summed E-state index contributed by atoms with van der Waals surface area (Å²) in [6.45, 7) is 8.35. The van der Waals surface area contributed by atoms with Crippen LogP contribution in [-0.2, 0) is 0 Å². The highest BCUT2D eigenvalue weighted by Gasteiger charge is 2.34. The Balaban J connectivity index is 0.000000514. The van der Waals surface area contributed by atoms with E-state index in [0.717, 1.165) is 11.5 Å². The molecule has 0 radical (unpaired) electrons. The number of rotatable bonds is 0. The van der Waals surface area contributed by atoms with E-state index in [2.05, 4.69) is 50.3 Å². The van der Waals surface area contributed by atoms with Crippen LogP contribution in [0.5, 0.6) is 5.75 Å². The van der Waals surface area contributed by atoms with Crippen LogP contribution in [0.1, 0.15) is 37.8 Å². The number of hydrogen-bond donors (Lipinski definition) is 0. The molecule has 3 rings (SSSR count). The minimum absolute atomic E-state index is 0.435. The molecule has 0 spiro atoms. The van der Waals surface area contributed by atoms with Gasteiger partial charge in [-0.05, 0) is 24.5 Å². The van der Waals surface area contributed by atoms with Crippen LogP contribution in [0.4, 0.5) is 0 Å². The van der Waals surface area contributed by atoms with Gasteiger partial charge >= 0.3 is 0 Å². The molecule has 0 amide bonds. The Labute approximate surface area is 104 Å². The van der Waals surface area contributed by atoms with Gasteiger partial charge in [-0.1, -0.05) is 51.1 Å². The van der Waals surface area contributed by atoms with E-state index in [-0.39, 0.29) is 0 Å². The highest BCUT2D eigenvalue weighted by atomic mass is 16.5. The van der Waals surface area contributed by atoms with Crippen molar-refractivity contribution in [1.29, 1.82) is 0 Å². The Morgan fingerprint density at radius 1 is 1.18 bits per heavy atom. The maximum absolute atomic E-state index is 5.92. The Kier molecular flexibility index (Phi) is 3.37. The number of aryl methyl sites for hydroxylation is 1. The van der Waals surface area contributed by atoms with E-state index in [1.54, 1.807) is 0 Å². The molecule has 2 aliphatic rings. The average molecular weight is 228 g/mol. The molecular formula is C16H20O. The summed E-state index contributed by atoms with van der Waals surface area (Å²) in [5.41, 5.74) is 2.58. The van der Waals surface area contributed by atoms with Gasteiger partial charge in [0, 0.05) is 5.56 Å². The van der Waals surface area contributed by atoms with Gasteiger partial charge in [0.2, 0.25) is 0 Å². The second-order valence-corrected chi connectivity index (χ2v) is 4.39. The van der Waals surface area contributed by atoms with Crippen molar-refractivity contribution in [2.45, 2.75) is 33.6 Å². The lowest BCUT2D eigenvalue weighted by Crippen LogP contribution is -2.10. The molecule has 90 valence electrons. The summed E-state index contributed by atoms with van der Waals surface area (Å²) in [5.74, 6) is 3.15. The largest absolute Gasteiger partial charge is 0.460 e. The summed E-state index contributed by atoms with van der Waals surface area (Å²) in [6.07, 6.45) is 6.43. The van der Waals surface area contributed by atoms with Crippen LogP contribution in [-0.4, -0.2) is 0 Å². The maximum atomic E-state index is 5.92. The minimum Gasteiger partial charge on any atom is -0.460 e. The quantitative estimate of drug-likeness (QED) is 0.631. The summed E-state index contributed by atoms with van der Waals surface area (Å²) in [4.78, 5) is 0. The van der Waals surface area contributed by atoms with Crippen molar-refractivity contribution in [3.8, 4) is 5.75 Å². The molecule has 1 aromatic carbocycles.